The summed E-state index contributed by atoms with van der Waals surface area (Å²) in [7, 11) is 0. The number of nitrogens with one attached hydrogen (secondary N) is 1. The van der Waals surface area contributed by atoms with Crippen LogP contribution >= 0.6 is 11.6 Å². The summed E-state index contributed by atoms with van der Waals surface area (Å²) in [5.41, 5.74) is 0.967. The van der Waals surface area contributed by atoms with E-state index < -0.39 is 29.7 Å². The third-order valence-electron chi connectivity index (χ3n) is 4.33. The van der Waals surface area contributed by atoms with Crippen molar-refractivity contribution >= 4 is 29.2 Å². The lowest BCUT2D eigenvalue weighted by atomic mass is 9.96. The van der Waals surface area contributed by atoms with E-state index in [4.69, 9.17) is 16.3 Å². The molecule has 3 rings (SSSR count). The summed E-state index contributed by atoms with van der Waals surface area (Å²) in [6, 6.07) is 11.4. The third kappa shape index (κ3) is 3.82. The lowest BCUT2D eigenvalue weighted by Gasteiger charge is -2.15. The van der Waals surface area contributed by atoms with Gasteiger partial charge in [0.2, 0.25) is 0 Å². The molecule has 4 nitrogen and oxygen atoms in total. The van der Waals surface area contributed by atoms with Gasteiger partial charge in [-0.15, -0.1) is 0 Å². The van der Waals surface area contributed by atoms with E-state index in [0.717, 1.165) is 5.56 Å². The molecule has 1 amide bonds. The Labute approximate surface area is 149 Å². The summed E-state index contributed by atoms with van der Waals surface area (Å²) in [5, 5.41) is 3.11. The summed E-state index contributed by atoms with van der Waals surface area (Å²) >= 11 is 5.87. The molecule has 2 aromatic carbocycles. The average Bonchev–Trinajstić information content (AvgIpc) is 3.38. The van der Waals surface area contributed by atoms with E-state index in [-0.39, 0.29) is 0 Å². The van der Waals surface area contributed by atoms with Gasteiger partial charge in [0, 0.05) is 10.7 Å². The Kier molecular flexibility index (Phi) is 4.77. The van der Waals surface area contributed by atoms with Crippen LogP contribution in [0.2, 0.25) is 5.02 Å². The minimum Gasteiger partial charge on any atom is -0.455 e. The van der Waals surface area contributed by atoms with Gasteiger partial charge in [0.1, 0.15) is 5.82 Å². The molecule has 0 saturated heterocycles. The second-order valence-corrected chi connectivity index (χ2v) is 6.61. The van der Waals surface area contributed by atoms with Crippen molar-refractivity contribution in [3.63, 3.8) is 0 Å². The molecule has 1 saturated carbocycles. The van der Waals surface area contributed by atoms with Crippen LogP contribution in [0.1, 0.15) is 24.0 Å². The Morgan fingerprint density at radius 3 is 2.48 bits per heavy atom. The van der Waals surface area contributed by atoms with Crippen LogP contribution in [0.4, 0.5) is 10.1 Å². The predicted octanol–water partition coefficient (Wildman–Crippen LogP) is 4.00. The number of anilines is 1. The van der Waals surface area contributed by atoms with Crippen molar-refractivity contribution in [2.24, 2.45) is 0 Å². The summed E-state index contributed by atoms with van der Waals surface area (Å²) in [6.07, 6.45) is 1.36. The maximum absolute atomic E-state index is 13.5. The molecule has 0 unspecified atom stereocenters. The van der Waals surface area contributed by atoms with Gasteiger partial charge in [-0.1, -0.05) is 29.8 Å². The number of carbonyl (C=O) groups excluding carboxylic acids is 2. The minimum atomic E-state index is -0.680. The Bertz CT molecular complexity index is 816. The first kappa shape index (κ1) is 17.4. The molecule has 1 aliphatic carbocycles. The van der Waals surface area contributed by atoms with Crippen LogP contribution in [0.5, 0.6) is 0 Å². The fourth-order valence-corrected chi connectivity index (χ4v) is 2.77. The molecule has 1 fully saturated rings. The fraction of sp³-hybridized carbons (Fsp3) is 0.263. The predicted molar refractivity (Wildman–Crippen MR) is 93.1 cm³/mol. The van der Waals surface area contributed by atoms with Crippen molar-refractivity contribution in [1.82, 2.24) is 0 Å². The van der Waals surface area contributed by atoms with Crippen LogP contribution in [0.3, 0.4) is 0 Å². The maximum Gasteiger partial charge on any atom is 0.317 e. The zero-order chi connectivity index (χ0) is 18.0. The van der Waals surface area contributed by atoms with Gasteiger partial charge in [-0.3, -0.25) is 9.59 Å². The van der Waals surface area contributed by atoms with E-state index in [2.05, 4.69) is 5.32 Å². The molecule has 0 atom stereocenters. The van der Waals surface area contributed by atoms with Crippen molar-refractivity contribution in [3.8, 4) is 0 Å². The molecule has 0 radical (unpaired) electrons. The van der Waals surface area contributed by atoms with Crippen LogP contribution in [0.25, 0.3) is 0 Å². The number of amides is 1. The van der Waals surface area contributed by atoms with Gasteiger partial charge in [0.15, 0.2) is 6.61 Å². The Balaban J connectivity index is 1.57. The van der Waals surface area contributed by atoms with Crippen molar-refractivity contribution < 1.29 is 18.7 Å². The number of hydrogen-bond acceptors (Lipinski definition) is 3. The van der Waals surface area contributed by atoms with E-state index in [1.54, 1.807) is 43.3 Å². The number of rotatable bonds is 5. The number of carbonyl (C=O) groups is 2. The lowest BCUT2D eigenvalue weighted by Crippen LogP contribution is -2.28. The third-order valence-corrected chi connectivity index (χ3v) is 4.58. The number of benzene rings is 2. The normalized spacial score (nSPS) is 14.7. The summed E-state index contributed by atoms with van der Waals surface area (Å²) in [6.45, 7) is 1.22. The Hall–Kier alpha value is -2.40. The Morgan fingerprint density at radius 1 is 1.20 bits per heavy atom. The largest absolute Gasteiger partial charge is 0.455 e. The molecule has 0 aliphatic heterocycles. The molecule has 0 heterocycles. The van der Waals surface area contributed by atoms with Gasteiger partial charge in [-0.05, 0) is 55.2 Å². The lowest BCUT2D eigenvalue weighted by molar-refractivity contribution is -0.150. The highest BCUT2D eigenvalue weighted by Gasteiger charge is 2.52. The molecule has 1 aliphatic rings. The van der Waals surface area contributed by atoms with Gasteiger partial charge in [-0.2, -0.15) is 0 Å². The molecule has 0 bridgehead atoms. The second-order valence-electron chi connectivity index (χ2n) is 6.18. The van der Waals surface area contributed by atoms with Crippen molar-refractivity contribution in [2.45, 2.75) is 25.2 Å². The zero-order valence-electron chi connectivity index (χ0n) is 13.6. The molecule has 25 heavy (non-hydrogen) atoms. The van der Waals surface area contributed by atoms with Gasteiger partial charge >= 0.3 is 5.97 Å². The van der Waals surface area contributed by atoms with Gasteiger partial charge < -0.3 is 10.1 Å². The van der Waals surface area contributed by atoms with Gasteiger partial charge in [0.25, 0.3) is 5.91 Å². The average molecular weight is 362 g/mol. The highest BCUT2D eigenvalue weighted by atomic mass is 35.5. The fourth-order valence-electron chi connectivity index (χ4n) is 2.64. The maximum atomic E-state index is 13.5. The van der Waals surface area contributed by atoms with Crippen LogP contribution in [0, 0.1) is 12.7 Å². The number of halogens is 2. The van der Waals surface area contributed by atoms with Crippen molar-refractivity contribution in [2.75, 3.05) is 11.9 Å². The first-order chi connectivity index (χ1) is 11.9. The molecular weight excluding hydrogens is 345 g/mol. The topological polar surface area (TPSA) is 55.4 Å². The van der Waals surface area contributed by atoms with E-state index in [0.29, 0.717) is 29.1 Å². The second kappa shape index (κ2) is 6.84. The van der Waals surface area contributed by atoms with Crippen molar-refractivity contribution in [1.29, 1.82) is 0 Å². The zero-order valence-corrected chi connectivity index (χ0v) is 14.4. The first-order valence-electron chi connectivity index (χ1n) is 7.90. The number of ether oxygens (including phenoxy) is 1. The molecule has 1 N–H and O–H groups in total. The molecular formula is C19H17ClFNO3. The van der Waals surface area contributed by atoms with Gasteiger partial charge in [0.05, 0.1) is 5.41 Å². The highest BCUT2D eigenvalue weighted by molar-refractivity contribution is 6.30. The van der Waals surface area contributed by atoms with E-state index in [1.807, 2.05) is 0 Å². The molecule has 0 aromatic heterocycles. The van der Waals surface area contributed by atoms with Crippen LogP contribution in [-0.4, -0.2) is 18.5 Å². The Morgan fingerprint density at radius 2 is 1.88 bits per heavy atom. The van der Waals surface area contributed by atoms with Crippen LogP contribution < -0.4 is 5.32 Å². The summed E-state index contributed by atoms with van der Waals surface area (Å²) < 4.78 is 18.6. The van der Waals surface area contributed by atoms with Gasteiger partial charge in [-0.25, -0.2) is 4.39 Å². The SMILES string of the molecule is Cc1ccc(NC(=O)COC(=O)C2(c3ccc(Cl)cc3)CC2)cc1F. The summed E-state index contributed by atoms with van der Waals surface area (Å²) in [4.78, 5) is 24.3. The monoisotopic (exact) mass is 361 g/mol. The first-order valence-corrected chi connectivity index (χ1v) is 8.28. The minimum absolute atomic E-state index is 0.322. The van der Waals surface area contributed by atoms with Crippen LogP contribution in [0.15, 0.2) is 42.5 Å². The summed E-state index contributed by atoms with van der Waals surface area (Å²) in [5.74, 6) is -1.35. The molecule has 0 spiro atoms. The molecule has 6 heteroatoms. The highest BCUT2D eigenvalue weighted by Crippen LogP contribution is 2.49. The van der Waals surface area contributed by atoms with E-state index in [1.165, 1.54) is 6.07 Å². The standard InChI is InChI=1S/C19H17ClFNO3/c1-12-2-7-15(10-16(12)21)22-17(23)11-25-18(24)19(8-9-19)13-3-5-14(20)6-4-13/h2-7,10H,8-9,11H2,1H3,(H,22,23). The number of esters is 1. The van der Waals surface area contributed by atoms with Crippen LogP contribution in [-0.2, 0) is 19.7 Å². The smallest absolute Gasteiger partial charge is 0.317 e. The number of hydrogen-bond donors (Lipinski definition) is 1. The van der Waals surface area contributed by atoms with Crippen molar-refractivity contribution in [3.05, 3.63) is 64.4 Å². The van der Waals surface area contributed by atoms with E-state index >= 15 is 0 Å². The number of aryl methyl sites for hydroxylation is 1. The quantitative estimate of drug-likeness (QED) is 0.819. The molecule has 130 valence electrons. The molecule has 2 aromatic rings. The van der Waals surface area contributed by atoms with E-state index in [9.17, 15) is 14.0 Å².